The van der Waals surface area contributed by atoms with E-state index in [0.29, 0.717) is 23.3 Å². The molecule has 3 aromatic rings. The van der Waals surface area contributed by atoms with Crippen LogP contribution in [-0.4, -0.2) is 79.4 Å². The number of para-hydroxylation sites is 2. The van der Waals surface area contributed by atoms with E-state index in [4.69, 9.17) is 4.74 Å². The van der Waals surface area contributed by atoms with E-state index in [1.54, 1.807) is 57.4 Å². The van der Waals surface area contributed by atoms with Crippen molar-refractivity contribution in [2.24, 2.45) is 5.92 Å². The summed E-state index contributed by atoms with van der Waals surface area (Å²) in [5, 5.41) is 0. The van der Waals surface area contributed by atoms with Crippen LogP contribution in [0.15, 0.2) is 42.6 Å². The number of sulfonamides is 1. The number of nitrogens with zero attached hydrogens (tertiary/aromatic N) is 5. The van der Waals surface area contributed by atoms with Crippen LogP contribution in [0, 0.1) is 5.92 Å². The Morgan fingerprint density at radius 2 is 1.80 bits per heavy atom. The Labute approximate surface area is 230 Å². The lowest BCUT2D eigenvalue weighted by molar-refractivity contribution is -0.212. The second-order valence-electron chi connectivity index (χ2n) is 9.79. The number of anilines is 2. The van der Waals surface area contributed by atoms with Crippen LogP contribution in [0.5, 0.6) is 5.88 Å². The van der Waals surface area contributed by atoms with Crippen molar-refractivity contribution >= 4 is 38.6 Å². The molecule has 1 saturated heterocycles. The summed E-state index contributed by atoms with van der Waals surface area (Å²) in [7, 11) is -0.619. The summed E-state index contributed by atoms with van der Waals surface area (Å²) in [6.45, 7) is 2.18. The highest BCUT2D eigenvalue weighted by atomic mass is 32.2. The third kappa shape index (κ3) is 6.90. The molecule has 1 unspecified atom stereocenters. The first kappa shape index (κ1) is 29.3. The average molecular weight is 581 g/mol. The number of hydrogen-bond acceptors (Lipinski definition) is 8. The number of piperidine rings is 1. The van der Waals surface area contributed by atoms with Gasteiger partial charge in [-0.3, -0.25) is 9.52 Å². The van der Waals surface area contributed by atoms with Crippen LogP contribution in [-0.2, 0) is 10.0 Å². The van der Waals surface area contributed by atoms with Gasteiger partial charge in [0.15, 0.2) is 6.10 Å². The summed E-state index contributed by atoms with van der Waals surface area (Å²) in [4.78, 5) is 28.3. The van der Waals surface area contributed by atoms with Gasteiger partial charge in [0.2, 0.25) is 15.8 Å². The smallest absolute Gasteiger partial charge is 0.425 e. The minimum Gasteiger partial charge on any atom is -0.462 e. The molecule has 1 aromatic carbocycles. The van der Waals surface area contributed by atoms with Crippen molar-refractivity contribution in [3.63, 3.8) is 0 Å². The van der Waals surface area contributed by atoms with Crippen molar-refractivity contribution in [3.8, 4) is 5.88 Å². The third-order valence-electron chi connectivity index (χ3n) is 6.52. The molecule has 40 heavy (non-hydrogen) atoms. The maximum atomic E-state index is 14.4. The van der Waals surface area contributed by atoms with Crippen LogP contribution in [0.2, 0.25) is 0 Å². The Morgan fingerprint density at radius 1 is 1.15 bits per heavy atom. The predicted molar refractivity (Wildman–Crippen MR) is 145 cm³/mol. The number of alkyl halides is 3. The number of ether oxygens (including phenoxy) is 1. The number of carbonyl (C=O) groups excluding carboxylic acids is 1. The fourth-order valence-corrected chi connectivity index (χ4v) is 5.63. The highest BCUT2D eigenvalue weighted by Gasteiger charge is 2.48. The van der Waals surface area contributed by atoms with E-state index in [1.807, 2.05) is 4.90 Å². The van der Waals surface area contributed by atoms with Gasteiger partial charge in [-0.2, -0.15) is 13.2 Å². The highest BCUT2D eigenvalue weighted by Crippen LogP contribution is 2.37. The number of hydrogen-bond donors (Lipinski definition) is 1. The second-order valence-corrected chi connectivity index (χ2v) is 11.6. The lowest BCUT2D eigenvalue weighted by Gasteiger charge is -2.37. The Kier molecular flexibility index (Phi) is 8.66. The van der Waals surface area contributed by atoms with E-state index in [9.17, 15) is 26.4 Å². The molecule has 0 spiro atoms. The average Bonchev–Trinajstić information content (AvgIpc) is 2.90. The van der Waals surface area contributed by atoms with Gasteiger partial charge < -0.3 is 14.5 Å². The zero-order valence-corrected chi connectivity index (χ0v) is 23.2. The van der Waals surface area contributed by atoms with E-state index in [-0.39, 0.29) is 48.9 Å². The largest absolute Gasteiger partial charge is 0.462 e. The number of fused-ring (bicyclic) bond motifs is 1. The van der Waals surface area contributed by atoms with Gasteiger partial charge in [0.25, 0.3) is 11.8 Å². The lowest BCUT2D eigenvalue weighted by Crippen LogP contribution is -2.47. The van der Waals surface area contributed by atoms with Gasteiger partial charge in [-0.25, -0.2) is 23.4 Å². The molecule has 14 heteroatoms. The first-order chi connectivity index (χ1) is 18.9. The standard InChI is InChI=1S/C26H31F3N6O4S/c1-4-15-40(37,38)33-23-24(32-20-8-6-5-7-19(20)31-23)39-22(26(27,28)29)17-10-13-35(14-11-17)21-16-18(9-12-30-21)25(36)34(2)3/h5-9,12,16-17,22H,4,10-11,13-15H2,1-3H3,(H,31,33). The van der Waals surface area contributed by atoms with Gasteiger partial charge in [0, 0.05) is 44.9 Å². The quantitative estimate of drug-likeness (QED) is 0.402. The minimum atomic E-state index is -4.75. The van der Waals surface area contributed by atoms with Gasteiger partial charge >= 0.3 is 6.18 Å². The summed E-state index contributed by atoms with van der Waals surface area (Å²) < 4.78 is 75.7. The summed E-state index contributed by atoms with van der Waals surface area (Å²) in [6, 6.07) is 9.66. The van der Waals surface area contributed by atoms with Crippen molar-refractivity contribution in [2.45, 2.75) is 38.5 Å². The van der Waals surface area contributed by atoms with Crippen LogP contribution < -0.4 is 14.4 Å². The van der Waals surface area contributed by atoms with Gasteiger partial charge in [0.05, 0.1) is 16.8 Å². The molecule has 1 atom stereocenters. The molecule has 216 valence electrons. The highest BCUT2D eigenvalue weighted by molar-refractivity contribution is 7.92. The molecule has 0 saturated carbocycles. The summed E-state index contributed by atoms with van der Waals surface area (Å²) in [6.07, 6.45) is -4.95. The van der Waals surface area contributed by atoms with Crippen molar-refractivity contribution in [2.75, 3.05) is 42.6 Å². The Morgan fingerprint density at radius 3 is 2.40 bits per heavy atom. The molecular formula is C26H31F3N6O4S. The molecule has 4 rings (SSSR count). The predicted octanol–water partition coefficient (Wildman–Crippen LogP) is 4.10. The Bertz CT molecular complexity index is 1460. The molecule has 0 aliphatic carbocycles. The number of carbonyl (C=O) groups is 1. The van der Waals surface area contributed by atoms with E-state index >= 15 is 0 Å². The number of benzene rings is 1. The molecule has 1 fully saturated rings. The van der Waals surface area contributed by atoms with E-state index in [0.717, 1.165) is 0 Å². The second kappa shape index (κ2) is 11.8. The van der Waals surface area contributed by atoms with Gasteiger partial charge in [-0.15, -0.1) is 0 Å². The maximum Gasteiger partial charge on any atom is 0.425 e. The zero-order chi connectivity index (χ0) is 29.1. The SMILES string of the molecule is CCCS(=O)(=O)Nc1nc2ccccc2nc1OC(C1CCN(c2cc(C(=O)N(C)C)ccn2)CC1)C(F)(F)F. The molecule has 2 aromatic heterocycles. The number of pyridine rings is 1. The van der Waals surface area contributed by atoms with Gasteiger partial charge in [-0.1, -0.05) is 19.1 Å². The molecule has 1 aliphatic heterocycles. The van der Waals surface area contributed by atoms with Crippen molar-refractivity contribution < 1.29 is 31.1 Å². The van der Waals surface area contributed by atoms with Crippen LogP contribution >= 0.6 is 0 Å². The first-order valence-electron chi connectivity index (χ1n) is 12.8. The normalized spacial score (nSPS) is 15.6. The summed E-state index contributed by atoms with van der Waals surface area (Å²) in [5.74, 6) is -1.78. The van der Waals surface area contributed by atoms with Gasteiger partial charge in [-0.05, 0) is 43.5 Å². The third-order valence-corrected chi connectivity index (χ3v) is 7.97. The molecular weight excluding hydrogens is 549 g/mol. The number of nitrogens with one attached hydrogen (secondary N) is 1. The lowest BCUT2D eigenvalue weighted by atomic mass is 9.90. The van der Waals surface area contributed by atoms with Crippen molar-refractivity contribution in [3.05, 3.63) is 48.2 Å². The topological polar surface area (TPSA) is 118 Å². The van der Waals surface area contributed by atoms with E-state index < -0.39 is 34.1 Å². The van der Waals surface area contributed by atoms with Crippen LogP contribution in [0.25, 0.3) is 11.0 Å². The Hall–Kier alpha value is -3.68. The number of halogens is 3. The van der Waals surface area contributed by atoms with Crippen LogP contribution in [0.4, 0.5) is 24.8 Å². The molecule has 1 aliphatic rings. The van der Waals surface area contributed by atoms with Crippen molar-refractivity contribution in [1.82, 2.24) is 19.9 Å². The van der Waals surface area contributed by atoms with Gasteiger partial charge in [0.1, 0.15) is 5.82 Å². The number of aromatic nitrogens is 3. The molecule has 10 nitrogen and oxygen atoms in total. The van der Waals surface area contributed by atoms with Crippen LogP contribution in [0.1, 0.15) is 36.5 Å². The summed E-state index contributed by atoms with van der Waals surface area (Å²) in [5.41, 5.74) is 1.01. The monoisotopic (exact) mass is 580 g/mol. The number of rotatable bonds is 9. The zero-order valence-electron chi connectivity index (χ0n) is 22.3. The van der Waals surface area contributed by atoms with Crippen molar-refractivity contribution in [1.29, 1.82) is 0 Å². The fraction of sp³-hybridized carbons (Fsp3) is 0.462. The minimum absolute atomic E-state index is 0.121. The van der Waals surface area contributed by atoms with E-state index in [2.05, 4.69) is 19.7 Å². The molecule has 0 radical (unpaired) electrons. The maximum absolute atomic E-state index is 14.4. The molecule has 1 N–H and O–H groups in total. The molecule has 3 heterocycles. The molecule has 0 bridgehead atoms. The summed E-state index contributed by atoms with van der Waals surface area (Å²) >= 11 is 0. The first-order valence-corrected chi connectivity index (χ1v) is 14.5. The fourth-order valence-electron chi connectivity index (χ4n) is 4.56. The van der Waals surface area contributed by atoms with E-state index in [1.165, 1.54) is 11.1 Å². The molecule has 1 amide bonds. The number of amides is 1. The Balaban J connectivity index is 1.58. The van der Waals surface area contributed by atoms with Crippen LogP contribution in [0.3, 0.4) is 0 Å².